The van der Waals surface area contributed by atoms with Gasteiger partial charge in [-0.25, -0.2) is 0 Å². The molecule has 0 amide bonds. The Hall–Kier alpha value is -0.580. The van der Waals surface area contributed by atoms with Crippen molar-refractivity contribution >= 4 is 15.9 Å². The maximum atomic E-state index is 8.88. The molecule has 15 heavy (non-hydrogen) atoms. The highest BCUT2D eigenvalue weighted by atomic mass is 79.9. The van der Waals surface area contributed by atoms with E-state index in [2.05, 4.69) is 21.2 Å². The molecule has 2 N–H and O–H groups in total. The Bertz CT molecular complexity index is 317. The van der Waals surface area contributed by atoms with Crippen LogP contribution >= 0.6 is 15.9 Å². The summed E-state index contributed by atoms with van der Waals surface area (Å²) in [5.41, 5.74) is 1.12. The molecule has 0 heterocycles. The zero-order valence-electron chi connectivity index (χ0n) is 8.96. The third-order valence-corrected chi connectivity index (χ3v) is 2.94. The molecule has 0 aliphatic carbocycles. The first-order valence-corrected chi connectivity index (χ1v) is 5.63. The second-order valence-corrected chi connectivity index (χ2v) is 4.28. The number of benzene rings is 1. The molecule has 4 heteroatoms. The van der Waals surface area contributed by atoms with Gasteiger partial charge in [-0.3, -0.25) is 0 Å². The van der Waals surface area contributed by atoms with E-state index in [4.69, 9.17) is 9.84 Å². The Kier molecular flexibility index (Phi) is 5.08. The topological polar surface area (TPSA) is 41.5 Å². The summed E-state index contributed by atoms with van der Waals surface area (Å²) in [5, 5.41) is 12.1. The molecule has 0 saturated carbocycles. The maximum Gasteiger partial charge on any atom is 0.119 e. The van der Waals surface area contributed by atoms with Crippen LogP contribution in [0.4, 0.5) is 0 Å². The number of aliphatic hydroxyl groups excluding tert-OH is 1. The molecule has 1 atom stereocenters. The normalized spacial score (nSPS) is 12.5. The Morgan fingerprint density at radius 1 is 1.53 bits per heavy atom. The SMILES string of the molecule is COc1ccc(Br)c(CNC(C)CO)c1. The Morgan fingerprint density at radius 3 is 2.87 bits per heavy atom. The molecule has 1 rings (SSSR count). The van der Waals surface area contributed by atoms with Gasteiger partial charge in [-0.1, -0.05) is 15.9 Å². The Balaban J connectivity index is 2.66. The van der Waals surface area contributed by atoms with Crippen LogP contribution in [0.2, 0.25) is 0 Å². The largest absolute Gasteiger partial charge is 0.497 e. The van der Waals surface area contributed by atoms with Gasteiger partial charge in [-0.2, -0.15) is 0 Å². The van der Waals surface area contributed by atoms with Gasteiger partial charge in [-0.15, -0.1) is 0 Å². The second kappa shape index (κ2) is 6.10. The van der Waals surface area contributed by atoms with Crippen molar-refractivity contribution in [3.05, 3.63) is 28.2 Å². The maximum absolute atomic E-state index is 8.88. The molecule has 0 bridgehead atoms. The molecule has 0 aromatic heterocycles. The standard InChI is InChI=1S/C11H16BrNO2/c1-8(7-14)13-6-9-5-10(15-2)3-4-11(9)12/h3-5,8,13-14H,6-7H2,1-2H3. The molecule has 1 unspecified atom stereocenters. The van der Waals surface area contributed by atoms with E-state index in [1.54, 1.807) is 7.11 Å². The first kappa shape index (κ1) is 12.5. The molecular weight excluding hydrogens is 258 g/mol. The highest BCUT2D eigenvalue weighted by molar-refractivity contribution is 9.10. The lowest BCUT2D eigenvalue weighted by molar-refractivity contribution is 0.251. The molecule has 0 aliphatic heterocycles. The van der Waals surface area contributed by atoms with Crippen molar-refractivity contribution in [2.75, 3.05) is 13.7 Å². The highest BCUT2D eigenvalue weighted by Crippen LogP contribution is 2.22. The number of rotatable bonds is 5. The number of nitrogens with one attached hydrogen (secondary N) is 1. The fourth-order valence-corrected chi connectivity index (χ4v) is 1.55. The van der Waals surface area contributed by atoms with Gasteiger partial charge in [0.15, 0.2) is 0 Å². The molecule has 1 aromatic carbocycles. The molecule has 3 nitrogen and oxygen atoms in total. The average molecular weight is 274 g/mol. The molecule has 0 saturated heterocycles. The van der Waals surface area contributed by atoms with Gasteiger partial charge in [0.1, 0.15) is 5.75 Å². The van der Waals surface area contributed by atoms with Crippen molar-refractivity contribution in [3.63, 3.8) is 0 Å². The third-order valence-electron chi connectivity index (χ3n) is 2.17. The lowest BCUT2D eigenvalue weighted by Crippen LogP contribution is -2.28. The lowest BCUT2D eigenvalue weighted by Gasteiger charge is -2.12. The first-order valence-electron chi connectivity index (χ1n) is 4.84. The van der Waals surface area contributed by atoms with Crippen LogP contribution < -0.4 is 10.1 Å². The van der Waals surface area contributed by atoms with Gasteiger partial charge < -0.3 is 15.2 Å². The zero-order valence-corrected chi connectivity index (χ0v) is 10.5. The minimum atomic E-state index is 0.100. The first-order chi connectivity index (χ1) is 7.17. The number of aliphatic hydroxyl groups is 1. The summed E-state index contributed by atoms with van der Waals surface area (Å²) in [7, 11) is 1.65. The van der Waals surface area contributed by atoms with Crippen molar-refractivity contribution in [1.82, 2.24) is 5.32 Å². The summed E-state index contributed by atoms with van der Waals surface area (Å²) in [4.78, 5) is 0. The number of hydrogen-bond donors (Lipinski definition) is 2. The van der Waals surface area contributed by atoms with Gasteiger partial charge in [-0.05, 0) is 30.7 Å². The Morgan fingerprint density at radius 2 is 2.27 bits per heavy atom. The highest BCUT2D eigenvalue weighted by Gasteiger charge is 2.04. The van der Waals surface area contributed by atoms with Gasteiger partial charge >= 0.3 is 0 Å². The van der Waals surface area contributed by atoms with E-state index in [1.165, 1.54) is 0 Å². The fourth-order valence-electron chi connectivity index (χ4n) is 1.16. The Labute approximate surface area is 98.6 Å². The third kappa shape index (κ3) is 3.81. The summed E-state index contributed by atoms with van der Waals surface area (Å²) in [6.07, 6.45) is 0. The minimum absolute atomic E-state index is 0.100. The van der Waals surface area contributed by atoms with Crippen molar-refractivity contribution in [3.8, 4) is 5.75 Å². The monoisotopic (exact) mass is 273 g/mol. The average Bonchev–Trinajstić information content (AvgIpc) is 2.27. The van der Waals surface area contributed by atoms with Gasteiger partial charge in [0, 0.05) is 17.1 Å². The van der Waals surface area contributed by atoms with E-state index >= 15 is 0 Å². The number of ether oxygens (including phenoxy) is 1. The predicted octanol–water partition coefficient (Wildman–Crippen LogP) is 1.93. The van der Waals surface area contributed by atoms with Crippen molar-refractivity contribution in [1.29, 1.82) is 0 Å². The van der Waals surface area contributed by atoms with E-state index in [0.717, 1.165) is 15.8 Å². The van der Waals surface area contributed by atoms with Crippen molar-refractivity contribution in [2.45, 2.75) is 19.5 Å². The lowest BCUT2D eigenvalue weighted by atomic mass is 10.2. The quantitative estimate of drug-likeness (QED) is 0.862. The second-order valence-electron chi connectivity index (χ2n) is 3.42. The van der Waals surface area contributed by atoms with Crippen molar-refractivity contribution < 1.29 is 9.84 Å². The summed E-state index contributed by atoms with van der Waals surface area (Å²) in [5.74, 6) is 0.839. The summed E-state index contributed by atoms with van der Waals surface area (Å²) in [6, 6.07) is 5.94. The molecular formula is C11H16BrNO2. The molecule has 1 aromatic rings. The van der Waals surface area contributed by atoms with Gasteiger partial charge in [0.05, 0.1) is 13.7 Å². The van der Waals surface area contributed by atoms with E-state index in [0.29, 0.717) is 6.54 Å². The molecule has 0 spiro atoms. The number of methoxy groups -OCH3 is 1. The zero-order chi connectivity index (χ0) is 11.3. The van der Waals surface area contributed by atoms with E-state index in [9.17, 15) is 0 Å². The molecule has 0 radical (unpaired) electrons. The van der Waals surface area contributed by atoms with Crippen LogP contribution in [0.1, 0.15) is 12.5 Å². The van der Waals surface area contributed by atoms with E-state index in [1.807, 2.05) is 25.1 Å². The fraction of sp³-hybridized carbons (Fsp3) is 0.455. The van der Waals surface area contributed by atoms with E-state index < -0.39 is 0 Å². The van der Waals surface area contributed by atoms with Crippen molar-refractivity contribution in [2.24, 2.45) is 0 Å². The molecule has 0 aliphatic rings. The number of halogens is 1. The van der Waals surface area contributed by atoms with Crippen LogP contribution in [0.5, 0.6) is 5.75 Å². The van der Waals surface area contributed by atoms with Gasteiger partial charge in [0.25, 0.3) is 0 Å². The van der Waals surface area contributed by atoms with Crippen LogP contribution in [0.25, 0.3) is 0 Å². The van der Waals surface area contributed by atoms with Crippen LogP contribution in [0, 0.1) is 0 Å². The summed E-state index contributed by atoms with van der Waals surface area (Å²) < 4.78 is 6.19. The molecule has 84 valence electrons. The smallest absolute Gasteiger partial charge is 0.119 e. The summed E-state index contributed by atoms with van der Waals surface area (Å²) >= 11 is 3.47. The van der Waals surface area contributed by atoms with Crippen LogP contribution in [-0.4, -0.2) is 24.9 Å². The predicted molar refractivity (Wildman–Crippen MR) is 64.1 cm³/mol. The minimum Gasteiger partial charge on any atom is -0.497 e. The molecule has 0 fully saturated rings. The van der Waals surface area contributed by atoms with Crippen LogP contribution in [-0.2, 0) is 6.54 Å². The van der Waals surface area contributed by atoms with Gasteiger partial charge in [0.2, 0.25) is 0 Å². The van der Waals surface area contributed by atoms with Crippen LogP contribution in [0.15, 0.2) is 22.7 Å². The summed E-state index contributed by atoms with van der Waals surface area (Å²) in [6.45, 7) is 2.79. The van der Waals surface area contributed by atoms with Crippen LogP contribution in [0.3, 0.4) is 0 Å². The number of hydrogen-bond acceptors (Lipinski definition) is 3. The van der Waals surface area contributed by atoms with E-state index in [-0.39, 0.29) is 12.6 Å².